The van der Waals surface area contributed by atoms with Crippen LogP contribution in [0.15, 0.2) is 42.5 Å². The Morgan fingerprint density at radius 3 is 2.32 bits per heavy atom. The predicted octanol–water partition coefficient (Wildman–Crippen LogP) is 3.82. The lowest BCUT2D eigenvalue weighted by Crippen LogP contribution is -2.40. The van der Waals surface area contributed by atoms with Crippen molar-refractivity contribution >= 4 is 39.0 Å². The monoisotopic (exact) mass is 415 g/mol. The van der Waals surface area contributed by atoms with E-state index in [9.17, 15) is 8.42 Å². The molecule has 0 aromatic heterocycles. The molecule has 1 aliphatic carbocycles. The van der Waals surface area contributed by atoms with E-state index in [4.69, 9.17) is 0 Å². The minimum absolute atomic E-state index is 0.251. The molecular weight excluding hydrogens is 390 g/mol. The van der Waals surface area contributed by atoms with Gasteiger partial charge in [-0.05, 0) is 54.2 Å². The second-order valence-corrected chi connectivity index (χ2v) is 11.4. The van der Waals surface area contributed by atoms with Gasteiger partial charge in [-0.2, -0.15) is 0 Å². The first-order chi connectivity index (χ1) is 13.5. The normalized spacial score (nSPS) is 21.1. The number of fused-ring (bicyclic) bond motifs is 1. The van der Waals surface area contributed by atoms with Crippen LogP contribution in [0, 0.1) is 5.92 Å². The average Bonchev–Trinajstić information content (AvgIpc) is 3.46. The number of hydrogen-bond donors (Lipinski definition) is 0. The molecule has 2 heterocycles. The van der Waals surface area contributed by atoms with E-state index < -0.39 is 9.84 Å². The van der Waals surface area contributed by atoms with Crippen molar-refractivity contribution in [2.45, 2.75) is 12.8 Å². The summed E-state index contributed by atoms with van der Waals surface area (Å²) in [4.78, 5) is 2.16. The largest absolute Gasteiger partial charge is 0.369 e. The van der Waals surface area contributed by atoms with E-state index in [0.29, 0.717) is 13.1 Å². The molecule has 0 bridgehead atoms. The Labute approximate surface area is 171 Å². The van der Waals surface area contributed by atoms with Gasteiger partial charge in [0, 0.05) is 32.4 Å². The minimum Gasteiger partial charge on any atom is -0.369 e. The number of rotatable bonds is 4. The molecule has 148 valence electrons. The lowest BCUT2D eigenvalue weighted by atomic mass is 10.0. The summed E-state index contributed by atoms with van der Waals surface area (Å²) in [5.41, 5.74) is 6.09. The number of anilines is 3. The maximum atomic E-state index is 11.6. The first kappa shape index (κ1) is 18.2. The molecule has 5 nitrogen and oxygen atoms in total. The van der Waals surface area contributed by atoms with E-state index in [1.807, 2.05) is 0 Å². The topological polar surface area (TPSA) is 43.9 Å². The second-order valence-electron chi connectivity index (χ2n) is 7.97. The molecule has 7 heteroatoms. The second kappa shape index (κ2) is 6.88. The summed E-state index contributed by atoms with van der Waals surface area (Å²) in [7, 11) is -0.714. The smallest absolute Gasteiger partial charge is 0.153 e. The summed E-state index contributed by atoms with van der Waals surface area (Å²) in [6.07, 6.45) is 2.73. The molecule has 2 aromatic carbocycles. The van der Waals surface area contributed by atoms with Crippen LogP contribution in [0.25, 0.3) is 11.1 Å². The van der Waals surface area contributed by atoms with Crippen LogP contribution in [0.4, 0.5) is 17.1 Å². The van der Waals surface area contributed by atoms with Gasteiger partial charge in [0.05, 0.1) is 35.0 Å². The minimum atomic E-state index is -2.85. The van der Waals surface area contributed by atoms with Crippen molar-refractivity contribution in [3.8, 4) is 11.1 Å². The summed E-state index contributed by atoms with van der Waals surface area (Å²) in [5.74, 6) is 1.37. The number of sulfone groups is 1. The van der Waals surface area contributed by atoms with Crippen molar-refractivity contribution in [3.05, 3.63) is 42.5 Å². The van der Waals surface area contributed by atoms with Gasteiger partial charge in [0.1, 0.15) is 0 Å². The maximum absolute atomic E-state index is 11.6. The Balaban J connectivity index is 1.35. The summed E-state index contributed by atoms with van der Waals surface area (Å²) in [6.45, 7) is 2.31. The van der Waals surface area contributed by atoms with Gasteiger partial charge in [0.2, 0.25) is 0 Å². The van der Waals surface area contributed by atoms with Gasteiger partial charge in [-0.25, -0.2) is 8.42 Å². The van der Waals surface area contributed by atoms with Gasteiger partial charge in [-0.1, -0.05) is 18.2 Å². The number of hydrogen-bond acceptors (Lipinski definition) is 6. The van der Waals surface area contributed by atoms with E-state index in [1.165, 1.54) is 35.3 Å². The summed E-state index contributed by atoms with van der Waals surface area (Å²) in [5, 5.41) is 0. The predicted molar refractivity (Wildman–Crippen MR) is 119 cm³/mol. The molecule has 0 atom stereocenters. The molecular formula is C21H25N3O2S2. The summed E-state index contributed by atoms with van der Waals surface area (Å²) >= 11 is 1.80. The van der Waals surface area contributed by atoms with E-state index in [-0.39, 0.29) is 11.5 Å². The standard InChI is InChI=1S/C21H25N3O2S2/c1-22-21-14-18(6-9-20(21)24(27-22)15-16-2-3-16)17-4-7-19(8-5-17)23-10-12-28(25,26)13-11-23/h4-9,14,16H,2-3,10-13,15H2,1H3. The molecule has 0 spiro atoms. The van der Waals surface area contributed by atoms with Crippen LogP contribution in [-0.2, 0) is 9.84 Å². The van der Waals surface area contributed by atoms with Crippen molar-refractivity contribution in [2.24, 2.45) is 5.92 Å². The van der Waals surface area contributed by atoms with Crippen LogP contribution >= 0.6 is 12.1 Å². The molecule has 1 saturated heterocycles. The van der Waals surface area contributed by atoms with E-state index in [2.05, 4.69) is 63.0 Å². The molecule has 0 unspecified atom stereocenters. The first-order valence-electron chi connectivity index (χ1n) is 9.88. The highest BCUT2D eigenvalue weighted by molar-refractivity contribution is 8.02. The van der Waals surface area contributed by atoms with Crippen LogP contribution in [-0.4, -0.2) is 46.6 Å². The zero-order valence-corrected chi connectivity index (χ0v) is 17.7. The van der Waals surface area contributed by atoms with Crippen molar-refractivity contribution in [2.75, 3.05) is 51.7 Å². The van der Waals surface area contributed by atoms with Crippen molar-refractivity contribution < 1.29 is 8.42 Å². The molecule has 2 aliphatic heterocycles. The molecule has 5 rings (SSSR count). The van der Waals surface area contributed by atoms with Crippen LogP contribution in [0.5, 0.6) is 0 Å². The Kier molecular flexibility index (Phi) is 4.47. The van der Waals surface area contributed by atoms with E-state index in [1.54, 1.807) is 12.1 Å². The molecule has 2 aromatic rings. The fraction of sp³-hybridized carbons (Fsp3) is 0.429. The molecule has 3 aliphatic rings. The third-order valence-electron chi connectivity index (χ3n) is 5.84. The first-order valence-corrected chi connectivity index (χ1v) is 12.4. The lowest BCUT2D eigenvalue weighted by molar-refractivity contribution is 0.587. The SMILES string of the molecule is CN1SN(CC2CC2)c2ccc(-c3ccc(N4CCS(=O)(=O)CC4)cc3)cc21. The van der Waals surface area contributed by atoms with Crippen LogP contribution < -0.4 is 13.5 Å². The maximum Gasteiger partial charge on any atom is 0.153 e. The molecule has 28 heavy (non-hydrogen) atoms. The summed E-state index contributed by atoms with van der Waals surface area (Å²) in [6, 6.07) is 15.2. The van der Waals surface area contributed by atoms with E-state index in [0.717, 1.165) is 18.2 Å². The van der Waals surface area contributed by atoms with Crippen molar-refractivity contribution in [1.82, 2.24) is 0 Å². The molecule has 2 fully saturated rings. The highest BCUT2D eigenvalue weighted by atomic mass is 32.2. The highest BCUT2D eigenvalue weighted by Gasteiger charge is 2.31. The van der Waals surface area contributed by atoms with Gasteiger partial charge in [-0.3, -0.25) is 8.61 Å². The Bertz CT molecular complexity index is 973. The highest BCUT2D eigenvalue weighted by Crippen LogP contribution is 2.47. The Morgan fingerprint density at radius 2 is 1.64 bits per heavy atom. The van der Waals surface area contributed by atoms with Gasteiger partial charge >= 0.3 is 0 Å². The zero-order chi connectivity index (χ0) is 19.3. The van der Waals surface area contributed by atoms with Crippen LogP contribution in [0.1, 0.15) is 12.8 Å². The molecule has 0 N–H and O–H groups in total. The van der Waals surface area contributed by atoms with E-state index >= 15 is 0 Å². The fourth-order valence-electron chi connectivity index (χ4n) is 3.90. The molecule has 1 saturated carbocycles. The number of benzene rings is 2. The zero-order valence-electron chi connectivity index (χ0n) is 16.0. The third kappa shape index (κ3) is 3.57. The van der Waals surface area contributed by atoms with Crippen molar-refractivity contribution in [3.63, 3.8) is 0 Å². The van der Waals surface area contributed by atoms with Gasteiger partial charge in [0.15, 0.2) is 9.84 Å². The quantitative estimate of drug-likeness (QED) is 0.708. The molecule has 0 amide bonds. The summed E-state index contributed by atoms with van der Waals surface area (Å²) < 4.78 is 27.9. The Hall–Kier alpha value is -1.86. The number of nitrogens with zero attached hydrogens (tertiary/aromatic N) is 3. The van der Waals surface area contributed by atoms with Gasteiger partial charge in [0.25, 0.3) is 0 Å². The average molecular weight is 416 g/mol. The fourth-order valence-corrected chi connectivity index (χ4v) is 6.15. The molecule has 0 radical (unpaired) electrons. The Morgan fingerprint density at radius 1 is 0.964 bits per heavy atom. The van der Waals surface area contributed by atoms with Gasteiger partial charge in [-0.15, -0.1) is 0 Å². The van der Waals surface area contributed by atoms with Crippen LogP contribution in [0.3, 0.4) is 0 Å². The van der Waals surface area contributed by atoms with Crippen molar-refractivity contribution in [1.29, 1.82) is 0 Å². The lowest BCUT2D eigenvalue weighted by Gasteiger charge is -2.28. The van der Waals surface area contributed by atoms with Crippen LogP contribution in [0.2, 0.25) is 0 Å². The van der Waals surface area contributed by atoms with Gasteiger partial charge < -0.3 is 4.90 Å². The third-order valence-corrected chi connectivity index (χ3v) is 8.43.